The molecule has 7 heteroatoms. The first-order chi connectivity index (χ1) is 11.2. The van der Waals surface area contributed by atoms with Crippen LogP contribution >= 0.6 is 23.2 Å². The quantitative estimate of drug-likeness (QED) is 0.665. The van der Waals surface area contributed by atoms with Crippen LogP contribution in [0.2, 0.25) is 10.0 Å². The van der Waals surface area contributed by atoms with Crippen LogP contribution < -0.4 is 5.32 Å². The summed E-state index contributed by atoms with van der Waals surface area (Å²) in [6.07, 6.45) is 4.42. The molecule has 0 saturated carbocycles. The average Bonchev–Trinajstić information content (AvgIpc) is 2.94. The van der Waals surface area contributed by atoms with E-state index in [0.29, 0.717) is 42.8 Å². The monoisotopic (exact) mass is 351 g/mol. The molecule has 1 N–H and O–H groups in total. The lowest BCUT2D eigenvalue weighted by atomic mass is 10.1. The number of ether oxygens (including phenoxy) is 1. The van der Waals surface area contributed by atoms with E-state index in [-0.39, 0.29) is 0 Å². The topological polar surface area (TPSA) is 56.1 Å². The van der Waals surface area contributed by atoms with Crippen LogP contribution in [-0.2, 0) is 22.7 Å². The van der Waals surface area contributed by atoms with Gasteiger partial charge in [0.25, 0.3) is 0 Å². The van der Waals surface area contributed by atoms with Crippen LogP contribution in [0.4, 0.5) is 0 Å². The Morgan fingerprint density at radius 2 is 2.22 bits per heavy atom. The molecule has 1 aliphatic heterocycles. The Bertz CT molecular complexity index is 756. The van der Waals surface area contributed by atoms with Gasteiger partial charge in [-0.1, -0.05) is 35.3 Å². The Morgan fingerprint density at radius 1 is 1.35 bits per heavy atom. The van der Waals surface area contributed by atoms with Crippen LogP contribution in [0.25, 0.3) is 5.57 Å². The van der Waals surface area contributed by atoms with E-state index < -0.39 is 0 Å². The molecular weight excluding hydrogens is 337 g/mol. The predicted molar refractivity (Wildman–Crippen MR) is 89.5 cm³/mol. The number of aromatic nitrogens is 2. The number of nitrogens with zero attached hydrogens (tertiary/aromatic N) is 2. The second-order valence-electron chi connectivity index (χ2n) is 5.16. The number of carbonyl (C=O) groups excluding carboxylic acids is 1. The number of carbonyl (C=O) groups is 1. The van der Waals surface area contributed by atoms with Gasteiger partial charge < -0.3 is 10.1 Å². The zero-order valence-corrected chi connectivity index (χ0v) is 13.8. The summed E-state index contributed by atoms with van der Waals surface area (Å²) in [5, 5.41) is 8.29. The van der Waals surface area contributed by atoms with Crippen molar-refractivity contribution < 1.29 is 9.53 Å². The van der Waals surface area contributed by atoms with Crippen molar-refractivity contribution >= 4 is 35.2 Å². The second kappa shape index (κ2) is 7.17. The van der Waals surface area contributed by atoms with Crippen LogP contribution in [-0.4, -0.2) is 29.3 Å². The lowest BCUT2D eigenvalue weighted by Gasteiger charge is -2.19. The van der Waals surface area contributed by atoms with Gasteiger partial charge in [0.1, 0.15) is 0 Å². The maximum absolute atomic E-state index is 10.4. The summed E-state index contributed by atoms with van der Waals surface area (Å²) in [6.45, 7) is 2.02. The second-order valence-corrected chi connectivity index (χ2v) is 6.00. The lowest BCUT2D eigenvalue weighted by Crippen LogP contribution is -2.16. The van der Waals surface area contributed by atoms with Crippen molar-refractivity contribution in [1.29, 1.82) is 0 Å². The molecule has 5 nitrogen and oxygen atoms in total. The van der Waals surface area contributed by atoms with Gasteiger partial charge in [0.2, 0.25) is 6.41 Å². The SMILES string of the molecule is O=CNC/C=C1\COCc2cnn(Cc3ccc(Cl)cc3Cl)c21. The van der Waals surface area contributed by atoms with Crippen LogP contribution in [0.3, 0.4) is 0 Å². The third-order valence-electron chi connectivity index (χ3n) is 3.62. The Morgan fingerprint density at radius 3 is 3.00 bits per heavy atom. The third-order valence-corrected chi connectivity index (χ3v) is 4.21. The summed E-state index contributed by atoms with van der Waals surface area (Å²) in [6, 6.07) is 5.43. The minimum Gasteiger partial charge on any atom is -0.372 e. The van der Waals surface area contributed by atoms with Gasteiger partial charge in [0.15, 0.2) is 0 Å². The molecule has 0 fully saturated rings. The molecule has 1 aromatic carbocycles. The number of hydrogen-bond acceptors (Lipinski definition) is 3. The summed E-state index contributed by atoms with van der Waals surface area (Å²) in [5.41, 5.74) is 4.00. The fraction of sp³-hybridized carbons (Fsp3) is 0.250. The Kier molecular flexibility index (Phi) is 5.00. The summed E-state index contributed by atoms with van der Waals surface area (Å²) < 4.78 is 7.46. The van der Waals surface area contributed by atoms with Gasteiger partial charge in [-0.05, 0) is 17.7 Å². The summed E-state index contributed by atoms with van der Waals surface area (Å²) >= 11 is 12.2. The minimum atomic E-state index is 0.453. The highest BCUT2D eigenvalue weighted by Gasteiger charge is 2.20. The number of rotatable bonds is 5. The summed E-state index contributed by atoms with van der Waals surface area (Å²) in [7, 11) is 0. The molecule has 2 heterocycles. The van der Waals surface area contributed by atoms with E-state index in [9.17, 15) is 4.79 Å². The van der Waals surface area contributed by atoms with Crippen molar-refractivity contribution in [1.82, 2.24) is 15.1 Å². The molecule has 0 radical (unpaired) electrons. The van der Waals surface area contributed by atoms with Crippen LogP contribution in [0.1, 0.15) is 16.8 Å². The molecule has 0 atom stereocenters. The van der Waals surface area contributed by atoms with Crippen LogP contribution in [0, 0.1) is 0 Å². The molecule has 0 aliphatic carbocycles. The smallest absolute Gasteiger partial charge is 0.207 e. The maximum Gasteiger partial charge on any atom is 0.207 e. The van der Waals surface area contributed by atoms with Gasteiger partial charge in [0.05, 0.1) is 31.6 Å². The number of amides is 1. The number of benzene rings is 1. The number of hydrogen-bond donors (Lipinski definition) is 1. The molecule has 3 rings (SSSR count). The van der Waals surface area contributed by atoms with Gasteiger partial charge >= 0.3 is 0 Å². The molecular formula is C16H15Cl2N3O2. The van der Waals surface area contributed by atoms with E-state index in [0.717, 1.165) is 22.4 Å². The van der Waals surface area contributed by atoms with Crippen molar-refractivity contribution in [3.8, 4) is 0 Å². The zero-order valence-electron chi connectivity index (χ0n) is 12.3. The fourth-order valence-corrected chi connectivity index (χ4v) is 3.03. The largest absolute Gasteiger partial charge is 0.372 e. The van der Waals surface area contributed by atoms with Crippen LogP contribution in [0.5, 0.6) is 0 Å². The van der Waals surface area contributed by atoms with E-state index in [1.54, 1.807) is 12.3 Å². The van der Waals surface area contributed by atoms with Crippen molar-refractivity contribution in [3.05, 3.63) is 57.3 Å². The maximum atomic E-state index is 10.4. The van der Waals surface area contributed by atoms with E-state index >= 15 is 0 Å². The van der Waals surface area contributed by atoms with Gasteiger partial charge in [-0.3, -0.25) is 9.48 Å². The third kappa shape index (κ3) is 3.58. The predicted octanol–water partition coefficient (Wildman–Crippen LogP) is 2.90. The molecule has 0 spiro atoms. The molecule has 120 valence electrons. The number of nitrogens with one attached hydrogen (secondary N) is 1. The van der Waals surface area contributed by atoms with Crippen LogP contribution in [0.15, 0.2) is 30.5 Å². The Hall–Kier alpha value is -1.82. The first kappa shape index (κ1) is 16.1. The normalized spacial score (nSPS) is 15.5. The Labute approximate surface area is 143 Å². The molecule has 1 aromatic heterocycles. The molecule has 1 aliphatic rings. The van der Waals surface area contributed by atoms with Gasteiger partial charge in [0, 0.05) is 27.7 Å². The average molecular weight is 352 g/mol. The highest BCUT2D eigenvalue weighted by molar-refractivity contribution is 6.35. The molecule has 1 amide bonds. The number of fused-ring (bicyclic) bond motifs is 1. The zero-order chi connectivity index (χ0) is 16.2. The van der Waals surface area contributed by atoms with Crippen molar-refractivity contribution in [2.45, 2.75) is 13.2 Å². The lowest BCUT2D eigenvalue weighted by molar-refractivity contribution is -0.109. The highest BCUT2D eigenvalue weighted by atomic mass is 35.5. The van der Waals surface area contributed by atoms with Crippen molar-refractivity contribution in [3.63, 3.8) is 0 Å². The summed E-state index contributed by atoms with van der Waals surface area (Å²) in [4.78, 5) is 10.4. The van der Waals surface area contributed by atoms with E-state index in [1.807, 2.05) is 22.9 Å². The first-order valence-corrected chi connectivity index (χ1v) is 7.87. The molecule has 0 saturated heterocycles. The highest BCUT2D eigenvalue weighted by Crippen LogP contribution is 2.28. The van der Waals surface area contributed by atoms with E-state index in [1.165, 1.54) is 0 Å². The number of halogens is 2. The van der Waals surface area contributed by atoms with Gasteiger partial charge in [-0.15, -0.1) is 0 Å². The molecule has 23 heavy (non-hydrogen) atoms. The van der Waals surface area contributed by atoms with E-state index in [4.69, 9.17) is 27.9 Å². The minimum absolute atomic E-state index is 0.453. The van der Waals surface area contributed by atoms with Crippen molar-refractivity contribution in [2.24, 2.45) is 0 Å². The van der Waals surface area contributed by atoms with Crippen molar-refractivity contribution in [2.75, 3.05) is 13.2 Å². The fourth-order valence-electron chi connectivity index (χ4n) is 2.56. The first-order valence-electron chi connectivity index (χ1n) is 7.12. The standard InChI is InChI=1S/C16H15Cl2N3O2/c17-14-2-1-11(15(18)5-14)7-21-16-12(3-4-19-10-22)8-23-9-13(16)6-20-21/h1-3,5-6,10H,4,7-9H2,(H,19,22)/b12-3+. The Balaban J connectivity index is 1.91. The summed E-state index contributed by atoms with van der Waals surface area (Å²) in [5.74, 6) is 0. The van der Waals surface area contributed by atoms with Gasteiger partial charge in [-0.2, -0.15) is 5.10 Å². The molecule has 0 bridgehead atoms. The van der Waals surface area contributed by atoms with Gasteiger partial charge in [-0.25, -0.2) is 0 Å². The van der Waals surface area contributed by atoms with E-state index in [2.05, 4.69) is 10.4 Å². The molecule has 2 aromatic rings. The molecule has 0 unspecified atom stereocenters.